The Bertz CT molecular complexity index is 974. The van der Waals surface area contributed by atoms with Crippen LogP contribution in [0, 0.1) is 5.82 Å². The number of ketones is 1. The van der Waals surface area contributed by atoms with Crippen molar-refractivity contribution in [1.29, 1.82) is 0 Å². The van der Waals surface area contributed by atoms with Crippen molar-refractivity contribution in [3.8, 4) is 0 Å². The van der Waals surface area contributed by atoms with Crippen LogP contribution in [0.1, 0.15) is 22.8 Å². The number of Topliss-reactive ketones (excluding diaryl/α,β-unsaturated/α-hetero) is 1. The van der Waals surface area contributed by atoms with E-state index in [1.54, 1.807) is 4.72 Å². The average molecular weight is 383 g/mol. The Kier molecular flexibility index (Phi) is 5.66. The van der Waals surface area contributed by atoms with Gasteiger partial charge in [-0.3, -0.25) is 14.6 Å². The molecule has 0 unspecified atom stereocenters. The van der Waals surface area contributed by atoms with Gasteiger partial charge in [0.25, 0.3) is 15.9 Å². The average Bonchev–Trinajstić information content (AvgIpc) is 2.52. The highest BCUT2D eigenvalue weighted by molar-refractivity contribution is 7.90. The molecular weight excluding hydrogens is 371 g/mol. The van der Waals surface area contributed by atoms with Gasteiger partial charge in [0.05, 0.1) is 11.2 Å². The van der Waals surface area contributed by atoms with Crippen molar-refractivity contribution in [3.05, 3.63) is 64.7 Å². The summed E-state index contributed by atoms with van der Waals surface area (Å²) in [5, 5.41) is -0.136. The van der Waals surface area contributed by atoms with Crippen LogP contribution in [0.4, 0.5) is 4.39 Å². The van der Waals surface area contributed by atoms with Gasteiger partial charge < -0.3 is 0 Å². The van der Waals surface area contributed by atoms with Crippen LogP contribution in [0.5, 0.6) is 0 Å². The van der Waals surface area contributed by atoms with E-state index in [1.165, 1.54) is 31.3 Å². The van der Waals surface area contributed by atoms with Crippen molar-refractivity contribution in [2.45, 2.75) is 11.8 Å². The summed E-state index contributed by atoms with van der Waals surface area (Å²) in [5.74, 6) is -1.91. The van der Waals surface area contributed by atoms with Crippen LogP contribution < -0.4 is 4.72 Å². The summed E-state index contributed by atoms with van der Waals surface area (Å²) in [5.41, 5.74) is 0.419. The second-order valence-corrected chi connectivity index (χ2v) is 7.00. The van der Waals surface area contributed by atoms with E-state index in [0.29, 0.717) is 0 Å². The number of carbonyl (C=O) groups is 2. The van der Waals surface area contributed by atoms with Gasteiger partial charge in [0, 0.05) is 17.8 Å². The molecule has 1 amide bonds. The number of halogens is 2. The molecule has 130 valence electrons. The van der Waals surface area contributed by atoms with Crippen LogP contribution in [-0.4, -0.2) is 25.1 Å². The van der Waals surface area contributed by atoms with Crippen molar-refractivity contribution in [3.63, 3.8) is 0 Å². The molecule has 9 heteroatoms. The fourth-order valence-electron chi connectivity index (χ4n) is 1.84. The Morgan fingerprint density at radius 1 is 1.24 bits per heavy atom. The molecule has 1 aromatic heterocycles. The van der Waals surface area contributed by atoms with Crippen molar-refractivity contribution in [1.82, 2.24) is 9.71 Å². The molecule has 0 fully saturated rings. The van der Waals surface area contributed by atoms with Crippen LogP contribution in [-0.2, 0) is 14.8 Å². The molecule has 0 aliphatic heterocycles. The summed E-state index contributed by atoms with van der Waals surface area (Å²) in [6.07, 6.45) is 4.41. The third-order valence-electron chi connectivity index (χ3n) is 3.02. The summed E-state index contributed by atoms with van der Waals surface area (Å²) in [6, 6.07) is 4.84. The van der Waals surface area contributed by atoms with Gasteiger partial charge in [-0.15, -0.1) is 0 Å². The van der Waals surface area contributed by atoms with Gasteiger partial charge in [-0.2, -0.15) is 0 Å². The number of amides is 1. The molecule has 0 saturated carbocycles. The van der Waals surface area contributed by atoms with Crippen molar-refractivity contribution in [2.75, 3.05) is 0 Å². The summed E-state index contributed by atoms with van der Waals surface area (Å²) >= 11 is 5.85. The Morgan fingerprint density at radius 2 is 1.96 bits per heavy atom. The van der Waals surface area contributed by atoms with Gasteiger partial charge in [-0.05, 0) is 42.8 Å². The highest BCUT2D eigenvalue weighted by atomic mass is 35.5. The fraction of sp³-hybridized carbons (Fsp3) is 0.0625. The second kappa shape index (κ2) is 7.54. The van der Waals surface area contributed by atoms with Crippen LogP contribution in [0.15, 0.2) is 47.6 Å². The van der Waals surface area contributed by atoms with Crippen molar-refractivity contribution < 1.29 is 22.4 Å². The quantitative estimate of drug-likeness (QED) is 0.633. The Morgan fingerprint density at radius 3 is 2.60 bits per heavy atom. The van der Waals surface area contributed by atoms with Gasteiger partial charge in [-0.25, -0.2) is 17.5 Å². The topological polar surface area (TPSA) is 93.2 Å². The van der Waals surface area contributed by atoms with E-state index in [0.717, 1.165) is 24.4 Å². The molecule has 0 atom stereocenters. The molecule has 0 radical (unpaired) electrons. The number of nitrogens with zero attached hydrogens (tertiary/aromatic N) is 1. The van der Waals surface area contributed by atoms with Crippen LogP contribution in [0.3, 0.4) is 0 Å². The lowest BCUT2D eigenvalue weighted by molar-refractivity contribution is -0.114. The molecule has 0 aliphatic carbocycles. The maximum atomic E-state index is 13.0. The van der Waals surface area contributed by atoms with Gasteiger partial charge in [0.2, 0.25) is 0 Å². The zero-order valence-electron chi connectivity index (χ0n) is 12.9. The number of aromatic nitrogens is 1. The summed E-state index contributed by atoms with van der Waals surface area (Å²) in [4.78, 5) is 26.4. The smallest absolute Gasteiger partial charge is 0.265 e. The molecular formula is C16H12ClFN2O4S. The van der Waals surface area contributed by atoms with E-state index < -0.39 is 26.6 Å². The standard InChI is InChI=1S/C16H12ClFN2O4S/c1-10(21)12-3-4-14(17)15(7-12)25(23,24)20-16(22)5-2-11-6-13(18)9-19-8-11/h2-9H,1H3,(H,20,22). The maximum absolute atomic E-state index is 13.0. The fourth-order valence-corrected chi connectivity index (χ4v) is 3.31. The van der Waals surface area contributed by atoms with E-state index in [4.69, 9.17) is 11.6 Å². The first-order valence-electron chi connectivity index (χ1n) is 6.85. The third-order valence-corrected chi connectivity index (χ3v) is 4.84. The highest BCUT2D eigenvalue weighted by Gasteiger charge is 2.21. The van der Waals surface area contributed by atoms with Gasteiger partial charge in [0.15, 0.2) is 5.78 Å². The molecule has 1 aromatic carbocycles. The van der Waals surface area contributed by atoms with Gasteiger partial charge in [-0.1, -0.05) is 11.6 Å². The van der Waals surface area contributed by atoms with Crippen LogP contribution in [0.2, 0.25) is 5.02 Å². The predicted molar refractivity (Wildman–Crippen MR) is 90.0 cm³/mol. The first-order valence-corrected chi connectivity index (χ1v) is 8.71. The number of pyridine rings is 1. The molecule has 0 bridgehead atoms. The molecule has 6 nitrogen and oxygen atoms in total. The number of rotatable bonds is 5. The minimum absolute atomic E-state index is 0.136. The zero-order valence-corrected chi connectivity index (χ0v) is 14.4. The number of benzene rings is 1. The predicted octanol–water partition coefficient (Wildman–Crippen LogP) is 2.60. The Labute approximate surface area is 148 Å². The highest BCUT2D eigenvalue weighted by Crippen LogP contribution is 2.22. The van der Waals surface area contributed by atoms with E-state index >= 15 is 0 Å². The third kappa shape index (κ3) is 4.94. The summed E-state index contributed by atoms with van der Waals surface area (Å²) in [6.45, 7) is 1.27. The number of carbonyl (C=O) groups excluding carboxylic acids is 2. The molecule has 0 aliphatic rings. The second-order valence-electron chi connectivity index (χ2n) is 4.94. The largest absolute Gasteiger partial charge is 0.295 e. The molecule has 25 heavy (non-hydrogen) atoms. The number of nitrogens with one attached hydrogen (secondary N) is 1. The zero-order chi connectivity index (χ0) is 18.6. The minimum atomic E-state index is -4.28. The lowest BCUT2D eigenvalue weighted by Crippen LogP contribution is -2.29. The molecule has 1 N–H and O–H groups in total. The van der Waals surface area contributed by atoms with Crippen LogP contribution in [0.25, 0.3) is 6.08 Å². The normalized spacial score (nSPS) is 11.5. The summed E-state index contributed by atoms with van der Waals surface area (Å²) < 4.78 is 39.3. The lowest BCUT2D eigenvalue weighted by atomic mass is 10.1. The van der Waals surface area contributed by atoms with E-state index in [2.05, 4.69) is 4.98 Å². The Hall–Kier alpha value is -2.58. The van der Waals surface area contributed by atoms with E-state index in [9.17, 15) is 22.4 Å². The summed E-state index contributed by atoms with van der Waals surface area (Å²) in [7, 11) is -4.28. The number of hydrogen-bond donors (Lipinski definition) is 1. The first kappa shape index (κ1) is 18.8. The van der Waals surface area contributed by atoms with Crippen molar-refractivity contribution in [2.24, 2.45) is 0 Å². The molecule has 2 aromatic rings. The Balaban J connectivity index is 2.22. The van der Waals surface area contributed by atoms with Gasteiger partial charge >= 0.3 is 0 Å². The molecule has 1 heterocycles. The van der Waals surface area contributed by atoms with E-state index in [-0.39, 0.29) is 21.9 Å². The molecule has 2 rings (SSSR count). The lowest BCUT2D eigenvalue weighted by Gasteiger charge is -2.08. The maximum Gasteiger partial charge on any atom is 0.265 e. The minimum Gasteiger partial charge on any atom is -0.295 e. The van der Waals surface area contributed by atoms with Crippen molar-refractivity contribution >= 4 is 39.4 Å². The monoisotopic (exact) mass is 382 g/mol. The van der Waals surface area contributed by atoms with Crippen LogP contribution >= 0.6 is 11.6 Å². The molecule has 0 saturated heterocycles. The first-order chi connectivity index (χ1) is 11.7. The SMILES string of the molecule is CC(=O)c1ccc(Cl)c(S(=O)(=O)NC(=O)C=Cc2cncc(F)c2)c1. The van der Waals surface area contributed by atoms with Gasteiger partial charge in [0.1, 0.15) is 10.7 Å². The number of sulfonamides is 1. The number of hydrogen-bond acceptors (Lipinski definition) is 5. The molecule has 0 spiro atoms. The van der Waals surface area contributed by atoms with E-state index in [1.807, 2.05) is 0 Å².